The van der Waals surface area contributed by atoms with Gasteiger partial charge in [0.1, 0.15) is 5.75 Å². The standard InChI is InChI=1S/C23H29N3O4/c1-29-19-11-9-18(10-12-19)24-22(27)21-14-20(25-30-21)17-8-5-13-26(15-17)23(28)16-6-3-2-4-7-16/h9-12,14,16-17H,2-8,13,15H2,1H3,(H,24,27). The summed E-state index contributed by atoms with van der Waals surface area (Å²) < 4.78 is 10.4. The van der Waals surface area contributed by atoms with Crippen LogP contribution in [0.2, 0.25) is 0 Å². The van der Waals surface area contributed by atoms with Crippen LogP contribution < -0.4 is 10.1 Å². The second-order valence-corrected chi connectivity index (χ2v) is 8.26. The molecule has 2 fully saturated rings. The molecule has 160 valence electrons. The van der Waals surface area contributed by atoms with Crippen molar-refractivity contribution in [3.63, 3.8) is 0 Å². The molecule has 1 aliphatic heterocycles. The molecule has 1 unspecified atom stereocenters. The number of nitrogens with zero attached hydrogens (tertiary/aromatic N) is 2. The SMILES string of the molecule is COc1ccc(NC(=O)c2cc(C3CCCN(C(=O)C4CCCCC4)C3)no2)cc1. The van der Waals surface area contributed by atoms with E-state index in [2.05, 4.69) is 10.5 Å². The van der Waals surface area contributed by atoms with Crippen molar-refractivity contribution in [3.8, 4) is 5.75 Å². The van der Waals surface area contributed by atoms with Crippen LogP contribution in [-0.4, -0.2) is 42.1 Å². The van der Waals surface area contributed by atoms with Gasteiger partial charge in [0.15, 0.2) is 0 Å². The highest BCUT2D eigenvalue weighted by molar-refractivity contribution is 6.02. The van der Waals surface area contributed by atoms with Crippen molar-refractivity contribution in [1.82, 2.24) is 10.1 Å². The van der Waals surface area contributed by atoms with E-state index in [-0.39, 0.29) is 23.5 Å². The van der Waals surface area contributed by atoms with Crippen LogP contribution >= 0.6 is 0 Å². The number of hydrogen-bond donors (Lipinski definition) is 1. The number of hydrogen-bond acceptors (Lipinski definition) is 5. The fourth-order valence-electron chi connectivity index (χ4n) is 4.48. The predicted octanol–water partition coefficient (Wildman–Crippen LogP) is 4.22. The van der Waals surface area contributed by atoms with Gasteiger partial charge in [-0.3, -0.25) is 9.59 Å². The van der Waals surface area contributed by atoms with Crippen LogP contribution in [0.4, 0.5) is 5.69 Å². The Kier molecular flexibility index (Phi) is 6.35. The van der Waals surface area contributed by atoms with E-state index < -0.39 is 0 Å². The Hall–Kier alpha value is -2.83. The van der Waals surface area contributed by atoms with Gasteiger partial charge in [-0.1, -0.05) is 24.4 Å². The molecule has 0 bridgehead atoms. The van der Waals surface area contributed by atoms with Crippen molar-refractivity contribution in [1.29, 1.82) is 0 Å². The van der Waals surface area contributed by atoms with E-state index in [1.807, 2.05) is 4.90 Å². The quantitative estimate of drug-likeness (QED) is 0.796. The Balaban J connectivity index is 1.37. The topological polar surface area (TPSA) is 84.7 Å². The van der Waals surface area contributed by atoms with Gasteiger partial charge in [-0.15, -0.1) is 0 Å². The number of likely N-dealkylation sites (tertiary alicyclic amines) is 1. The van der Waals surface area contributed by atoms with Crippen LogP contribution in [-0.2, 0) is 4.79 Å². The maximum absolute atomic E-state index is 12.9. The molecule has 1 aromatic carbocycles. The number of amides is 2. The molecular formula is C23H29N3O4. The smallest absolute Gasteiger partial charge is 0.294 e. The van der Waals surface area contributed by atoms with E-state index in [4.69, 9.17) is 9.26 Å². The lowest BCUT2D eigenvalue weighted by Gasteiger charge is -2.35. The van der Waals surface area contributed by atoms with Crippen LogP contribution in [0, 0.1) is 5.92 Å². The van der Waals surface area contributed by atoms with Crippen LogP contribution in [0.25, 0.3) is 0 Å². The highest BCUT2D eigenvalue weighted by Crippen LogP contribution is 2.31. The first kappa shape index (κ1) is 20.4. The first-order valence-corrected chi connectivity index (χ1v) is 10.8. The number of anilines is 1. The first-order chi connectivity index (χ1) is 14.6. The molecule has 2 amide bonds. The molecule has 7 heteroatoms. The lowest BCUT2D eigenvalue weighted by Crippen LogP contribution is -2.42. The number of ether oxygens (including phenoxy) is 1. The second kappa shape index (κ2) is 9.32. The Morgan fingerprint density at radius 3 is 2.60 bits per heavy atom. The van der Waals surface area contributed by atoms with Crippen molar-refractivity contribution in [2.75, 3.05) is 25.5 Å². The van der Waals surface area contributed by atoms with Gasteiger partial charge in [-0.05, 0) is 49.9 Å². The first-order valence-electron chi connectivity index (χ1n) is 10.8. The average molecular weight is 412 g/mol. The predicted molar refractivity (Wildman–Crippen MR) is 113 cm³/mol. The second-order valence-electron chi connectivity index (χ2n) is 8.26. The van der Waals surface area contributed by atoms with Gasteiger partial charge in [-0.2, -0.15) is 0 Å². The molecule has 1 atom stereocenters. The van der Waals surface area contributed by atoms with Crippen molar-refractivity contribution in [3.05, 3.63) is 41.8 Å². The molecule has 1 N–H and O–H groups in total. The molecule has 1 saturated carbocycles. The summed E-state index contributed by atoms with van der Waals surface area (Å²) in [6, 6.07) is 8.80. The van der Waals surface area contributed by atoms with Gasteiger partial charge < -0.3 is 19.5 Å². The molecule has 0 radical (unpaired) electrons. The highest BCUT2D eigenvalue weighted by Gasteiger charge is 2.31. The van der Waals surface area contributed by atoms with Gasteiger partial charge in [-0.25, -0.2) is 0 Å². The molecule has 1 saturated heterocycles. The number of carbonyl (C=O) groups is 2. The van der Waals surface area contributed by atoms with Crippen molar-refractivity contribution in [2.24, 2.45) is 5.92 Å². The summed E-state index contributed by atoms with van der Waals surface area (Å²) in [6.45, 7) is 1.47. The molecule has 1 aromatic heterocycles. The largest absolute Gasteiger partial charge is 0.497 e. The number of aromatic nitrogens is 1. The van der Waals surface area contributed by atoms with Crippen LogP contribution in [0.15, 0.2) is 34.9 Å². The lowest BCUT2D eigenvalue weighted by molar-refractivity contribution is -0.137. The highest BCUT2D eigenvalue weighted by atomic mass is 16.5. The van der Waals surface area contributed by atoms with Gasteiger partial charge in [0.25, 0.3) is 5.91 Å². The molecule has 2 aromatic rings. The van der Waals surface area contributed by atoms with Crippen molar-refractivity contribution < 1.29 is 18.8 Å². The van der Waals surface area contributed by atoms with Gasteiger partial charge in [0.05, 0.1) is 12.8 Å². The van der Waals surface area contributed by atoms with E-state index in [1.54, 1.807) is 37.4 Å². The van der Waals surface area contributed by atoms with E-state index in [0.29, 0.717) is 18.1 Å². The molecule has 1 aliphatic carbocycles. The third-order valence-corrected chi connectivity index (χ3v) is 6.21. The number of carbonyl (C=O) groups excluding carboxylic acids is 2. The summed E-state index contributed by atoms with van der Waals surface area (Å²) in [5.74, 6) is 1.14. The lowest BCUT2D eigenvalue weighted by atomic mass is 9.87. The number of nitrogens with one attached hydrogen (secondary N) is 1. The Morgan fingerprint density at radius 2 is 1.87 bits per heavy atom. The molecule has 7 nitrogen and oxygen atoms in total. The van der Waals surface area contributed by atoms with Crippen molar-refractivity contribution in [2.45, 2.75) is 50.9 Å². The molecule has 30 heavy (non-hydrogen) atoms. The summed E-state index contributed by atoms with van der Waals surface area (Å²) in [5.41, 5.74) is 1.40. The average Bonchev–Trinajstić information content (AvgIpc) is 3.30. The summed E-state index contributed by atoms with van der Waals surface area (Å²) >= 11 is 0. The molecule has 4 rings (SSSR count). The zero-order valence-electron chi connectivity index (χ0n) is 17.4. The summed E-state index contributed by atoms with van der Waals surface area (Å²) in [6.07, 6.45) is 7.48. The minimum Gasteiger partial charge on any atom is -0.497 e. The van der Waals surface area contributed by atoms with E-state index in [0.717, 1.165) is 56.5 Å². The van der Waals surface area contributed by atoms with Gasteiger partial charge in [0.2, 0.25) is 11.7 Å². The molecule has 2 aliphatic rings. The number of methoxy groups -OCH3 is 1. The molecular weight excluding hydrogens is 382 g/mol. The third-order valence-electron chi connectivity index (χ3n) is 6.21. The Morgan fingerprint density at radius 1 is 1.10 bits per heavy atom. The van der Waals surface area contributed by atoms with Crippen molar-refractivity contribution >= 4 is 17.5 Å². The Bertz CT molecular complexity index is 871. The minimum atomic E-state index is -0.343. The number of benzene rings is 1. The Labute approximate surface area is 176 Å². The maximum atomic E-state index is 12.9. The minimum absolute atomic E-state index is 0.109. The summed E-state index contributed by atoms with van der Waals surface area (Å²) in [7, 11) is 1.60. The van der Waals surface area contributed by atoms with E-state index >= 15 is 0 Å². The zero-order chi connectivity index (χ0) is 20.9. The number of rotatable bonds is 5. The molecule has 2 heterocycles. The normalized spacial score (nSPS) is 20.0. The van der Waals surface area contributed by atoms with Crippen LogP contribution in [0.5, 0.6) is 5.75 Å². The summed E-state index contributed by atoms with van der Waals surface area (Å²) in [5, 5.41) is 6.95. The van der Waals surface area contributed by atoms with E-state index in [1.165, 1.54) is 6.42 Å². The fourth-order valence-corrected chi connectivity index (χ4v) is 4.48. The maximum Gasteiger partial charge on any atom is 0.294 e. The van der Waals surface area contributed by atoms with Crippen LogP contribution in [0.3, 0.4) is 0 Å². The number of piperidine rings is 1. The third kappa shape index (κ3) is 4.66. The fraction of sp³-hybridized carbons (Fsp3) is 0.522. The summed E-state index contributed by atoms with van der Waals surface area (Å²) in [4.78, 5) is 27.4. The monoisotopic (exact) mass is 411 g/mol. The zero-order valence-corrected chi connectivity index (χ0v) is 17.4. The van der Waals surface area contributed by atoms with Gasteiger partial charge >= 0.3 is 0 Å². The van der Waals surface area contributed by atoms with Crippen LogP contribution in [0.1, 0.15) is 67.1 Å². The molecule has 0 spiro atoms. The van der Waals surface area contributed by atoms with Gasteiger partial charge in [0, 0.05) is 36.7 Å². The van der Waals surface area contributed by atoms with E-state index in [9.17, 15) is 9.59 Å².